The van der Waals surface area contributed by atoms with Crippen molar-refractivity contribution in [2.45, 2.75) is 127 Å². The molecule has 3 N–H and O–H groups in total. The number of aromatic nitrogens is 6. The second kappa shape index (κ2) is 20.9. The van der Waals surface area contributed by atoms with E-state index in [1.165, 1.54) is 5.56 Å². The summed E-state index contributed by atoms with van der Waals surface area (Å²) in [6.45, 7) is 6.83. The first-order valence-corrected chi connectivity index (χ1v) is 22.6. The summed E-state index contributed by atoms with van der Waals surface area (Å²) < 4.78 is 69.1. The minimum Gasteiger partial charge on any atom is -0.373 e. The highest BCUT2D eigenvalue weighted by atomic mass is 19.1. The third-order valence-electron chi connectivity index (χ3n) is 14.1. The molecule has 1 saturated carbocycles. The van der Waals surface area contributed by atoms with E-state index >= 15 is 0 Å². The van der Waals surface area contributed by atoms with Crippen LogP contribution in [0.4, 0.5) is 17.6 Å². The number of piperidine rings is 1. The SMILES string of the molecule is C[C@@H](OCC1(c2ccccc2)CCC(C)(n2cn[nH]c2=O)CC1)c1cc(CF)cc(CF)c1.C[C@@H](OC[C@@]1(c2ccccc2)CC[C@](C)(n2cn[nH]c2=O)CN1)c1cc(CF)cc(CF)c1. The molecule has 1 saturated heterocycles. The molecule has 1 aliphatic carbocycles. The molecule has 0 radical (unpaired) electrons. The van der Waals surface area contributed by atoms with Crippen LogP contribution in [0.3, 0.4) is 0 Å². The highest BCUT2D eigenvalue weighted by Gasteiger charge is 2.45. The van der Waals surface area contributed by atoms with Gasteiger partial charge in [0.15, 0.2) is 0 Å². The molecular formula is C51H61F4N7O4. The third kappa shape index (κ3) is 10.6. The van der Waals surface area contributed by atoms with Crippen molar-refractivity contribution in [3.63, 3.8) is 0 Å². The van der Waals surface area contributed by atoms with Crippen molar-refractivity contribution in [2.24, 2.45) is 0 Å². The molecule has 2 aliphatic rings. The summed E-state index contributed by atoms with van der Waals surface area (Å²) in [4.78, 5) is 24.4. The standard InChI is InChI=1S/C26H31F2N3O2.C25H30F2N4O2/c1-19(22-13-20(15-27)12-21(14-22)16-28)33-17-26(23-6-4-3-5-7-23)10-8-25(2,9-11-26)31-18-29-30-24(31)32;1-18(21-11-19(13-26)10-20(12-21)14-27)33-16-25(22-6-4-3-5-7-22)9-8-24(2,15-28-25)31-17-29-30-23(31)32/h3-7,12-14,18-19H,8-11,15-17H2,1-2H3,(H,30,32);3-7,10-12,17-18,28H,8-9,13-16H2,1-2H3,(H,30,32)/t19-,25?,26?;18-,24+,25-/m11/s1. The van der Waals surface area contributed by atoms with E-state index in [0.29, 0.717) is 42.0 Å². The summed E-state index contributed by atoms with van der Waals surface area (Å²) in [5.74, 6) is 0. The molecule has 15 heteroatoms. The Morgan fingerprint density at radius 2 is 1.00 bits per heavy atom. The summed E-state index contributed by atoms with van der Waals surface area (Å²) in [5.41, 5.74) is 3.87. The Morgan fingerprint density at radius 3 is 1.41 bits per heavy atom. The third-order valence-corrected chi connectivity index (χ3v) is 14.1. The van der Waals surface area contributed by atoms with Crippen LogP contribution in [0.25, 0.3) is 0 Å². The Labute approximate surface area is 383 Å². The van der Waals surface area contributed by atoms with E-state index < -0.39 is 37.8 Å². The van der Waals surface area contributed by atoms with Gasteiger partial charge in [-0.3, -0.25) is 9.13 Å². The quantitative estimate of drug-likeness (QED) is 0.0825. The summed E-state index contributed by atoms with van der Waals surface area (Å²) >= 11 is 0. The highest BCUT2D eigenvalue weighted by molar-refractivity contribution is 5.33. The van der Waals surface area contributed by atoms with Crippen molar-refractivity contribution in [1.29, 1.82) is 0 Å². The molecular weight excluding hydrogens is 851 g/mol. The minimum absolute atomic E-state index is 0.189. The average Bonchev–Trinajstić information content (AvgIpc) is 4.02. The van der Waals surface area contributed by atoms with Gasteiger partial charge < -0.3 is 14.8 Å². The van der Waals surface area contributed by atoms with E-state index in [4.69, 9.17) is 9.47 Å². The molecule has 6 aromatic rings. The number of benzene rings is 4. The molecule has 0 spiro atoms. The van der Waals surface area contributed by atoms with E-state index in [1.807, 2.05) is 57.2 Å². The largest absolute Gasteiger partial charge is 0.373 e. The lowest BCUT2D eigenvalue weighted by Crippen LogP contribution is -2.59. The van der Waals surface area contributed by atoms with Gasteiger partial charge in [-0.2, -0.15) is 10.2 Å². The Bertz CT molecular complexity index is 2370. The molecule has 4 aromatic carbocycles. The first-order valence-electron chi connectivity index (χ1n) is 22.6. The number of nitrogens with one attached hydrogen (secondary N) is 3. The summed E-state index contributed by atoms with van der Waals surface area (Å²) in [7, 11) is 0. The van der Waals surface area contributed by atoms with Crippen molar-refractivity contribution in [3.05, 3.63) is 175 Å². The Balaban J connectivity index is 0.000000196. The maximum absolute atomic E-state index is 13.3. The van der Waals surface area contributed by atoms with E-state index in [1.54, 1.807) is 58.2 Å². The summed E-state index contributed by atoms with van der Waals surface area (Å²) in [6.07, 6.45) is 7.27. The number of H-pyrrole nitrogens is 2. The average molecular weight is 912 g/mol. The van der Waals surface area contributed by atoms with Crippen LogP contribution in [-0.2, 0) is 58.2 Å². The van der Waals surface area contributed by atoms with Crippen LogP contribution in [0.15, 0.2) is 119 Å². The zero-order valence-electron chi connectivity index (χ0n) is 38.2. The second-order valence-corrected chi connectivity index (χ2v) is 18.6. The van der Waals surface area contributed by atoms with Gasteiger partial charge in [-0.15, -0.1) is 0 Å². The second-order valence-electron chi connectivity index (χ2n) is 18.6. The van der Waals surface area contributed by atoms with Crippen LogP contribution in [0.2, 0.25) is 0 Å². The van der Waals surface area contributed by atoms with Gasteiger partial charge in [0.2, 0.25) is 0 Å². The number of aromatic amines is 2. The van der Waals surface area contributed by atoms with Gasteiger partial charge in [0, 0.05) is 17.5 Å². The smallest absolute Gasteiger partial charge is 0.343 e. The molecule has 0 unspecified atom stereocenters. The zero-order chi connectivity index (χ0) is 47.0. The van der Waals surface area contributed by atoms with Crippen molar-refractivity contribution < 1.29 is 27.0 Å². The number of nitrogens with zero attached hydrogens (tertiary/aromatic N) is 4. The van der Waals surface area contributed by atoms with Crippen LogP contribution < -0.4 is 16.7 Å². The fourth-order valence-corrected chi connectivity index (χ4v) is 9.62. The number of hydrogen-bond acceptors (Lipinski definition) is 7. The number of rotatable bonds is 16. The molecule has 11 nitrogen and oxygen atoms in total. The lowest BCUT2D eigenvalue weighted by molar-refractivity contribution is -0.00789. The van der Waals surface area contributed by atoms with Gasteiger partial charge in [0.05, 0.1) is 36.5 Å². The lowest BCUT2D eigenvalue weighted by Gasteiger charge is -2.46. The number of alkyl halides is 4. The van der Waals surface area contributed by atoms with Gasteiger partial charge in [0.25, 0.3) is 0 Å². The van der Waals surface area contributed by atoms with E-state index in [-0.39, 0.29) is 34.5 Å². The van der Waals surface area contributed by atoms with E-state index in [2.05, 4.69) is 56.9 Å². The monoisotopic (exact) mass is 911 g/mol. The predicted molar refractivity (Wildman–Crippen MR) is 246 cm³/mol. The molecule has 352 valence electrons. The normalized spacial score (nSPS) is 24.0. The van der Waals surface area contributed by atoms with Gasteiger partial charge in [-0.1, -0.05) is 97.1 Å². The van der Waals surface area contributed by atoms with Crippen LogP contribution in [0.5, 0.6) is 0 Å². The lowest BCUT2D eigenvalue weighted by atomic mass is 9.65. The van der Waals surface area contributed by atoms with Crippen LogP contribution in [0, 0.1) is 0 Å². The predicted octanol–water partition coefficient (Wildman–Crippen LogP) is 9.80. The number of hydrogen-bond donors (Lipinski definition) is 3. The van der Waals surface area contributed by atoms with Crippen LogP contribution in [-0.4, -0.2) is 49.3 Å². The fourth-order valence-electron chi connectivity index (χ4n) is 9.62. The Hall–Kier alpha value is -5.64. The fraction of sp³-hybridized carbons (Fsp3) is 0.451. The van der Waals surface area contributed by atoms with Crippen LogP contribution >= 0.6 is 0 Å². The molecule has 2 fully saturated rings. The van der Waals surface area contributed by atoms with Crippen LogP contribution in [0.1, 0.15) is 123 Å². The minimum atomic E-state index is -0.644. The maximum Gasteiger partial charge on any atom is 0.343 e. The van der Waals surface area contributed by atoms with Gasteiger partial charge in [0.1, 0.15) is 39.4 Å². The molecule has 4 atom stereocenters. The van der Waals surface area contributed by atoms with Crippen molar-refractivity contribution in [3.8, 4) is 0 Å². The van der Waals surface area contributed by atoms with Crippen molar-refractivity contribution >= 4 is 0 Å². The zero-order valence-corrected chi connectivity index (χ0v) is 38.2. The molecule has 8 rings (SSSR count). The first kappa shape index (κ1) is 48.3. The maximum atomic E-state index is 13.3. The van der Waals surface area contributed by atoms with Gasteiger partial charge >= 0.3 is 11.4 Å². The molecule has 1 aliphatic heterocycles. The molecule has 3 heterocycles. The van der Waals surface area contributed by atoms with Gasteiger partial charge in [-0.05, 0) is 111 Å². The Kier molecular flexibility index (Phi) is 15.3. The van der Waals surface area contributed by atoms with Crippen molar-refractivity contribution in [2.75, 3.05) is 19.8 Å². The summed E-state index contributed by atoms with van der Waals surface area (Å²) in [6, 6.07) is 30.5. The van der Waals surface area contributed by atoms with E-state index in [0.717, 1.165) is 55.2 Å². The van der Waals surface area contributed by atoms with Crippen molar-refractivity contribution in [1.82, 2.24) is 34.8 Å². The molecule has 0 bridgehead atoms. The Morgan fingerprint density at radius 1 is 0.576 bits per heavy atom. The summed E-state index contributed by atoms with van der Waals surface area (Å²) in [5, 5.41) is 16.4. The topological polar surface area (TPSA) is 132 Å². The van der Waals surface area contributed by atoms with E-state index in [9.17, 15) is 27.2 Å². The first-order chi connectivity index (χ1) is 31.8. The number of ether oxygens (including phenoxy) is 2. The molecule has 0 amide bonds. The van der Waals surface area contributed by atoms with Gasteiger partial charge in [-0.25, -0.2) is 37.3 Å². The number of halogens is 4. The highest BCUT2D eigenvalue weighted by Crippen LogP contribution is 2.46. The molecule has 66 heavy (non-hydrogen) atoms. The molecule has 2 aromatic heterocycles.